The van der Waals surface area contributed by atoms with Crippen molar-refractivity contribution in [3.8, 4) is 0 Å². The van der Waals surface area contributed by atoms with Gasteiger partial charge < -0.3 is 19.5 Å². The van der Waals surface area contributed by atoms with Gasteiger partial charge in [-0.3, -0.25) is 4.79 Å². The number of halogens is 2. The molecule has 0 saturated carbocycles. The molecule has 0 bridgehead atoms. The largest absolute Gasteiger partial charge is 0.454 e. The third-order valence-corrected chi connectivity index (χ3v) is 4.97. The SMILES string of the molecule is O=c1c2ccc(N3CCC(C(O)O)C3)cc2oc2c(Cl)cc(F)cc12. The predicted octanol–water partition coefficient (Wildman–Crippen LogP) is 2.88. The van der Waals surface area contributed by atoms with Crippen LogP contribution in [0.5, 0.6) is 0 Å². The molecule has 2 N–H and O–H groups in total. The lowest BCUT2D eigenvalue weighted by Gasteiger charge is -2.19. The Morgan fingerprint density at radius 1 is 1.24 bits per heavy atom. The number of hydrogen-bond donors (Lipinski definition) is 2. The standard InChI is InChI=1S/C18H15ClFNO4/c19-14-6-10(20)5-13-16(22)12-2-1-11(7-15(12)25-17(13)14)21-4-3-9(8-21)18(23)24/h1-2,5-7,9,18,23-24H,3-4,8H2. The van der Waals surface area contributed by atoms with Crippen LogP contribution in [-0.2, 0) is 0 Å². The Bertz CT molecular complexity index is 1030. The summed E-state index contributed by atoms with van der Waals surface area (Å²) in [5.41, 5.74) is 0.991. The molecule has 1 fully saturated rings. The lowest BCUT2D eigenvalue weighted by Crippen LogP contribution is -2.25. The summed E-state index contributed by atoms with van der Waals surface area (Å²) in [6, 6.07) is 7.36. The molecule has 7 heteroatoms. The molecule has 1 unspecified atom stereocenters. The molecule has 0 radical (unpaired) electrons. The van der Waals surface area contributed by atoms with Crippen molar-refractivity contribution >= 4 is 39.2 Å². The number of aliphatic hydroxyl groups excluding tert-OH is 1. The second kappa shape index (κ2) is 5.98. The normalized spacial score (nSPS) is 18.0. The van der Waals surface area contributed by atoms with Crippen molar-refractivity contribution in [3.63, 3.8) is 0 Å². The molecule has 1 aliphatic rings. The van der Waals surface area contributed by atoms with Crippen molar-refractivity contribution in [2.24, 2.45) is 5.92 Å². The van der Waals surface area contributed by atoms with Crippen LogP contribution in [0.3, 0.4) is 0 Å². The van der Waals surface area contributed by atoms with E-state index in [2.05, 4.69) is 0 Å². The smallest absolute Gasteiger partial charge is 0.200 e. The molecule has 2 heterocycles. The zero-order valence-corrected chi connectivity index (χ0v) is 13.8. The van der Waals surface area contributed by atoms with E-state index in [1.165, 1.54) is 0 Å². The highest BCUT2D eigenvalue weighted by atomic mass is 35.5. The molecule has 25 heavy (non-hydrogen) atoms. The highest BCUT2D eigenvalue weighted by Gasteiger charge is 2.27. The van der Waals surface area contributed by atoms with E-state index >= 15 is 0 Å². The van der Waals surface area contributed by atoms with Crippen molar-refractivity contribution in [2.45, 2.75) is 12.7 Å². The molecule has 1 aliphatic heterocycles. The average molecular weight is 364 g/mol. The van der Waals surface area contributed by atoms with Crippen LogP contribution in [0, 0.1) is 11.7 Å². The fourth-order valence-corrected chi connectivity index (χ4v) is 3.58. The minimum absolute atomic E-state index is 0.0454. The molecule has 2 aromatic carbocycles. The lowest BCUT2D eigenvalue weighted by atomic mass is 10.1. The zero-order valence-electron chi connectivity index (χ0n) is 13.1. The van der Waals surface area contributed by atoms with Gasteiger partial charge in [0.2, 0.25) is 5.43 Å². The van der Waals surface area contributed by atoms with Gasteiger partial charge in [-0.15, -0.1) is 0 Å². The molecular formula is C18H15ClFNO4. The summed E-state index contributed by atoms with van der Waals surface area (Å²) in [6.45, 7) is 1.19. The van der Waals surface area contributed by atoms with Gasteiger partial charge in [-0.1, -0.05) is 11.6 Å². The van der Waals surface area contributed by atoms with Crippen molar-refractivity contribution in [3.05, 3.63) is 51.4 Å². The maximum absolute atomic E-state index is 13.5. The van der Waals surface area contributed by atoms with Gasteiger partial charge in [-0.25, -0.2) is 4.39 Å². The molecule has 0 spiro atoms. The van der Waals surface area contributed by atoms with Gasteiger partial charge in [-0.2, -0.15) is 0 Å². The molecule has 1 saturated heterocycles. The van der Waals surface area contributed by atoms with Crippen molar-refractivity contribution in [1.82, 2.24) is 0 Å². The zero-order chi connectivity index (χ0) is 17.7. The molecule has 1 atom stereocenters. The van der Waals surface area contributed by atoms with Gasteiger partial charge in [0.05, 0.1) is 15.8 Å². The van der Waals surface area contributed by atoms with Gasteiger partial charge in [-0.05, 0) is 30.7 Å². The summed E-state index contributed by atoms with van der Waals surface area (Å²) in [5, 5.41) is 19.1. The molecule has 1 aromatic heterocycles. The van der Waals surface area contributed by atoms with Gasteiger partial charge in [0.1, 0.15) is 11.4 Å². The van der Waals surface area contributed by atoms with E-state index in [-0.39, 0.29) is 27.3 Å². The first-order chi connectivity index (χ1) is 11.9. The molecule has 5 nitrogen and oxygen atoms in total. The maximum atomic E-state index is 13.5. The molecule has 4 rings (SSSR count). The van der Waals surface area contributed by atoms with Crippen LogP contribution >= 0.6 is 11.6 Å². The van der Waals surface area contributed by atoms with Crippen LogP contribution in [-0.4, -0.2) is 29.6 Å². The number of anilines is 1. The topological polar surface area (TPSA) is 73.9 Å². The summed E-state index contributed by atoms with van der Waals surface area (Å²) < 4.78 is 19.3. The van der Waals surface area contributed by atoms with Gasteiger partial charge in [0, 0.05) is 30.8 Å². The van der Waals surface area contributed by atoms with E-state index in [1.54, 1.807) is 18.2 Å². The van der Waals surface area contributed by atoms with Crippen LogP contribution in [0.15, 0.2) is 39.5 Å². The highest BCUT2D eigenvalue weighted by molar-refractivity contribution is 6.34. The van der Waals surface area contributed by atoms with E-state index in [4.69, 9.17) is 16.0 Å². The van der Waals surface area contributed by atoms with E-state index < -0.39 is 12.1 Å². The number of hydrogen-bond acceptors (Lipinski definition) is 5. The Kier molecular flexibility index (Phi) is 3.91. The number of nitrogens with zero attached hydrogens (tertiary/aromatic N) is 1. The summed E-state index contributed by atoms with van der Waals surface area (Å²) in [5.74, 6) is -0.803. The Morgan fingerprint density at radius 2 is 2.04 bits per heavy atom. The minimum atomic E-state index is -1.35. The summed E-state index contributed by atoms with van der Waals surface area (Å²) in [4.78, 5) is 14.6. The monoisotopic (exact) mass is 363 g/mol. The molecule has 0 aliphatic carbocycles. The molecule has 130 valence electrons. The Hall–Kier alpha value is -2.15. The third-order valence-electron chi connectivity index (χ3n) is 4.69. The second-order valence-electron chi connectivity index (χ2n) is 6.28. The summed E-state index contributed by atoms with van der Waals surface area (Å²) in [6.07, 6.45) is -0.677. The Morgan fingerprint density at radius 3 is 2.76 bits per heavy atom. The van der Waals surface area contributed by atoms with E-state index in [1.807, 2.05) is 4.90 Å². The summed E-state index contributed by atoms with van der Waals surface area (Å²) in [7, 11) is 0. The molecule has 0 amide bonds. The van der Waals surface area contributed by atoms with E-state index in [9.17, 15) is 19.4 Å². The quantitative estimate of drug-likeness (QED) is 0.541. The second-order valence-corrected chi connectivity index (χ2v) is 6.69. The van der Waals surface area contributed by atoms with Crippen LogP contribution in [0.25, 0.3) is 21.9 Å². The maximum Gasteiger partial charge on any atom is 0.200 e. The number of fused-ring (bicyclic) bond motifs is 2. The van der Waals surface area contributed by atoms with E-state index in [0.29, 0.717) is 30.5 Å². The molecular weight excluding hydrogens is 349 g/mol. The first-order valence-corrected chi connectivity index (χ1v) is 8.28. The fourth-order valence-electron chi connectivity index (χ4n) is 3.33. The van der Waals surface area contributed by atoms with Crippen molar-refractivity contribution in [1.29, 1.82) is 0 Å². The van der Waals surface area contributed by atoms with Crippen molar-refractivity contribution < 1.29 is 19.0 Å². The van der Waals surface area contributed by atoms with E-state index in [0.717, 1.165) is 17.8 Å². The predicted molar refractivity (Wildman–Crippen MR) is 93.5 cm³/mol. The first kappa shape index (κ1) is 16.3. The van der Waals surface area contributed by atoms with Crippen LogP contribution < -0.4 is 10.3 Å². The fraction of sp³-hybridized carbons (Fsp3) is 0.278. The number of aliphatic hydroxyl groups is 2. The minimum Gasteiger partial charge on any atom is -0.454 e. The van der Waals surface area contributed by atoms with Crippen LogP contribution in [0.4, 0.5) is 10.1 Å². The lowest BCUT2D eigenvalue weighted by molar-refractivity contribution is -0.0771. The van der Waals surface area contributed by atoms with Crippen molar-refractivity contribution in [2.75, 3.05) is 18.0 Å². The summed E-state index contributed by atoms with van der Waals surface area (Å²) >= 11 is 6.02. The highest BCUT2D eigenvalue weighted by Crippen LogP contribution is 2.30. The van der Waals surface area contributed by atoms with Crippen LogP contribution in [0.2, 0.25) is 5.02 Å². The van der Waals surface area contributed by atoms with Crippen LogP contribution in [0.1, 0.15) is 6.42 Å². The van der Waals surface area contributed by atoms with Gasteiger partial charge >= 0.3 is 0 Å². The van der Waals surface area contributed by atoms with Gasteiger partial charge in [0.15, 0.2) is 11.9 Å². The number of rotatable bonds is 2. The van der Waals surface area contributed by atoms with Gasteiger partial charge in [0.25, 0.3) is 0 Å². The Balaban J connectivity index is 1.84. The molecule has 3 aromatic rings. The average Bonchev–Trinajstić information content (AvgIpc) is 3.06. The third kappa shape index (κ3) is 2.76. The number of benzene rings is 2. The first-order valence-electron chi connectivity index (χ1n) is 7.91. The Labute approximate surface area is 146 Å².